The number of hydrogen-bond acceptors (Lipinski definition) is 4. The van der Waals surface area contributed by atoms with E-state index >= 15 is 0 Å². The van der Waals surface area contributed by atoms with E-state index in [1.165, 1.54) is 17.8 Å². The van der Waals surface area contributed by atoms with Gasteiger partial charge in [-0.25, -0.2) is 4.98 Å². The van der Waals surface area contributed by atoms with E-state index in [1.807, 2.05) is 6.07 Å². The standard InChI is InChI=1S/C11H6BrClN2O2S/c12-7-4-5-10(14-6-7)18-9-3-1-2-8(13)11(9)15(16)17/h1-6H. The Morgan fingerprint density at radius 2 is 2.11 bits per heavy atom. The Bertz CT molecular complexity index is 592. The van der Waals surface area contributed by atoms with E-state index in [-0.39, 0.29) is 10.7 Å². The van der Waals surface area contributed by atoms with Crippen molar-refractivity contribution in [1.82, 2.24) is 4.98 Å². The molecule has 2 aromatic rings. The molecule has 0 atom stereocenters. The van der Waals surface area contributed by atoms with Crippen LogP contribution < -0.4 is 0 Å². The number of rotatable bonds is 3. The minimum Gasteiger partial charge on any atom is -0.258 e. The van der Waals surface area contributed by atoms with Crippen LogP contribution in [0.4, 0.5) is 5.69 Å². The third-order valence-electron chi connectivity index (χ3n) is 2.05. The maximum absolute atomic E-state index is 11.0. The molecule has 0 saturated heterocycles. The number of nitro groups is 1. The van der Waals surface area contributed by atoms with E-state index < -0.39 is 4.92 Å². The highest BCUT2D eigenvalue weighted by Crippen LogP contribution is 2.38. The van der Waals surface area contributed by atoms with Gasteiger partial charge in [-0.05, 0) is 40.2 Å². The number of benzene rings is 1. The highest BCUT2D eigenvalue weighted by molar-refractivity contribution is 9.10. The van der Waals surface area contributed by atoms with Gasteiger partial charge in [-0.1, -0.05) is 29.4 Å². The minimum absolute atomic E-state index is 0.0890. The van der Waals surface area contributed by atoms with Crippen molar-refractivity contribution in [3.8, 4) is 0 Å². The predicted molar refractivity (Wildman–Crippen MR) is 74.2 cm³/mol. The molecule has 0 amide bonds. The van der Waals surface area contributed by atoms with Crippen molar-refractivity contribution in [3.63, 3.8) is 0 Å². The largest absolute Gasteiger partial charge is 0.301 e. The van der Waals surface area contributed by atoms with Crippen LogP contribution in [0.2, 0.25) is 5.02 Å². The second kappa shape index (κ2) is 5.69. The van der Waals surface area contributed by atoms with Crippen molar-refractivity contribution >= 4 is 45.0 Å². The van der Waals surface area contributed by atoms with E-state index in [2.05, 4.69) is 20.9 Å². The van der Waals surface area contributed by atoms with Crippen LogP contribution in [0.3, 0.4) is 0 Å². The maximum atomic E-state index is 11.0. The smallest absolute Gasteiger partial charge is 0.258 e. The molecule has 0 fully saturated rings. The second-order valence-electron chi connectivity index (χ2n) is 3.26. The summed E-state index contributed by atoms with van der Waals surface area (Å²) in [4.78, 5) is 15.1. The first-order valence-electron chi connectivity index (χ1n) is 4.80. The van der Waals surface area contributed by atoms with E-state index in [0.29, 0.717) is 9.92 Å². The molecule has 0 radical (unpaired) electrons. The molecule has 0 N–H and O–H groups in total. The quantitative estimate of drug-likeness (QED) is 0.604. The molecule has 0 unspecified atom stereocenters. The van der Waals surface area contributed by atoms with Gasteiger partial charge >= 0.3 is 5.69 Å². The Kier molecular flexibility index (Phi) is 4.21. The lowest BCUT2D eigenvalue weighted by atomic mass is 10.3. The number of halogens is 2. The van der Waals surface area contributed by atoms with E-state index in [9.17, 15) is 10.1 Å². The highest BCUT2D eigenvalue weighted by atomic mass is 79.9. The van der Waals surface area contributed by atoms with Gasteiger partial charge in [0.05, 0.1) is 9.82 Å². The average Bonchev–Trinajstić information content (AvgIpc) is 2.32. The summed E-state index contributed by atoms with van der Waals surface area (Å²) in [6.45, 7) is 0. The van der Waals surface area contributed by atoms with Gasteiger partial charge in [0.2, 0.25) is 0 Å². The summed E-state index contributed by atoms with van der Waals surface area (Å²) < 4.78 is 0.854. The Labute approximate surface area is 121 Å². The van der Waals surface area contributed by atoms with Crippen LogP contribution in [0.15, 0.2) is 50.9 Å². The van der Waals surface area contributed by atoms with Crippen LogP contribution in [-0.4, -0.2) is 9.91 Å². The van der Waals surface area contributed by atoms with Crippen molar-refractivity contribution in [2.75, 3.05) is 0 Å². The first-order valence-corrected chi connectivity index (χ1v) is 6.79. The minimum atomic E-state index is -0.483. The molecular weight excluding hydrogens is 340 g/mol. The fourth-order valence-electron chi connectivity index (χ4n) is 1.29. The summed E-state index contributed by atoms with van der Waals surface area (Å²) in [5.41, 5.74) is -0.0890. The molecule has 18 heavy (non-hydrogen) atoms. The zero-order valence-electron chi connectivity index (χ0n) is 8.84. The second-order valence-corrected chi connectivity index (χ2v) is 5.65. The number of nitrogens with zero attached hydrogens (tertiary/aromatic N) is 2. The van der Waals surface area contributed by atoms with Crippen LogP contribution in [0, 0.1) is 10.1 Å². The lowest BCUT2D eigenvalue weighted by molar-refractivity contribution is -0.387. The van der Waals surface area contributed by atoms with Gasteiger partial charge in [-0.3, -0.25) is 10.1 Å². The zero-order chi connectivity index (χ0) is 13.1. The topological polar surface area (TPSA) is 56.0 Å². The van der Waals surface area contributed by atoms with Crippen LogP contribution in [0.1, 0.15) is 0 Å². The van der Waals surface area contributed by atoms with Crippen molar-refractivity contribution in [3.05, 3.63) is 56.1 Å². The van der Waals surface area contributed by atoms with Gasteiger partial charge in [0, 0.05) is 10.7 Å². The van der Waals surface area contributed by atoms with Crippen molar-refractivity contribution in [1.29, 1.82) is 0 Å². The monoisotopic (exact) mass is 344 g/mol. The van der Waals surface area contributed by atoms with Crippen LogP contribution in [0.25, 0.3) is 0 Å². The first-order chi connectivity index (χ1) is 8.58. The lowest BCUT2D eigenvalue weighted by Gasteiger charge is -2.03. The summed E-state index contributed by atoms with van der Waals surface area (Å²) in [6, 6.07) is 8.43. The van der Waals surface area contributed by atoms with Crippen LogP contribution in [-0.2, 0) is 0 Å². The van der Waals surface area contributed by atoms with Crippen molar-refractivity contribution in [2.24, 2.45) is 0 Å². The van der Waals surface area contributed by atoms with Crippen molar-refractivity contribution < 1.29 is 4.92 Å². The summed E-state index contributed by atoms with van der Waals surface area (Å²) in [7, 11) is 0. The highest BCUT2D eigenvalue weighted by Gasteiger charge is 2.19. The fraction of sp³-hybridized carbons (Fsp3) is 0. The molecule has 0 aliphatic rings. The molecule has 1 aromatic heterocycles. The maximum Gasteiger partial charge on any atom is 0.301 e. The number of nitro benzene ring substituents is 1. The average molecular weight is 346 g/mol. The third-order valence-corrected chi connectivity index (χ3v) is 3.82. The molecule has 0 bridgehead atoms. The van der Waals surface area contributed by atoms with Gasteiger partial charge in [0.25, 0.3) is 0 Å². The van der Waals surface area contributed by atoms with E-state index in [0.717, 1.165) is 4.47 Å². The summed E-state index contributed by atoms with van der Waals surface area (Å²) in [6.07, 6.45) is 1.64. The summed E-state index contributed by atoms with van der Waals surface area (Å²) in [5, 5.41) is 11.8. The molecule has 0 spiro atoms. The Hall–Kier alpha value is -1.11. The first kappa shape index (κ1) is 13.3. The number of para-hydroxylation sites is 1. The number of hydrogen-bond donors (Lipinski definition) is 0. The molecule has 1 heterocycles. The SMILES string of the molecule is O=[N+]([O-])c1c(Cl)cccc1Sc1ccc(Br)cn1. The third kappa shape index (κ3) is 3.01. The van der Waals surface area contributed by atoms with Gasteiger partial charge in [0.1, 0.15) is 10.0 Å². The molecule has 2 rings (SSSR count). The zero-order valence-corrected chi connectivity index (χ0v) is 12.0. The molecule has 7 heteroatoms. The Morgan fingerprint density at radius 3 is 2.72 bits per heavy atom. The fourth-order valence-corrected chi connectivity index (χ4v) is 2.72. The van der Waals surface area contributed by atoms with Crippen molar-refractivity contribution in [2.45, 2.75) is 9.92 Å². The molecule has 92 valence electrons. The molecule has 0 aliphatic heterocycles. The molecule has 4 nitrogen and oxygen atoms in total. The number of aromatic nitrogens is 1. The van der Waals surface area contributed by atoms with Gasteiger partial charge < -0.3 is 0 Å². The van der Waals surface area contributed by atoms with Crippen LogP contribution >= 0.6 is 39.3 Å². The molecule has 0 saturated carbocycles. The number of pyridine rings is 1. The van der Waals surface area contributed by atoms with E-state index in [4.69, 9.17) is 11.6 Å². The van der Waals surface area contributed by atoms with Gasteiger partial charge in [-0.2, -0.15) is 0 Å². The summed E-state index contributed by atoms with van der Waals surface area (Å²) in [5.74, 6) is 0. The predicted octanol–water partition coefficient (Wildman–Crippen LogP) is 4.56. The molecule has 1 aromatic carbocycles. The lowest BCUT2D eigenvalue weighted by Crippen LogP contribution is -1.92. The Morgan fingerprint density at radius 1 is 1.33 bits per heavy atom. The van der Waals surface area contributed by atoms with E-state index in [1.54, 1.807) is 24.4 Å². The normalized spacial score (nSPS) is 10.3. The molecular formula is C11H6BrClN2O2S. The summed E-state index contributed by atoms with van der Waals surface area (Å²) >= 11 is 10.3. The van der Waals surface area contributed by atoms with Gasteiger partial charge in [-0.15, -0.1) is 0 Å². The van der Waals surface area contributed by atoms with Crippen LogP contribution in [0.5, 0.6) is 0 Å². The van der Waals surface area contributed by atoms with Gasteiger partial charge in [0.15, 0.2) is 0 Å². The molecule has 0 aliphatic carbocycles. The Balaban J connectivity index is 2.37.